The first kappa shape index (κ1) is 11.6. The Hall–Kier alpha value is -1.89. The predicted molar refractivity (Wildman–Crippen MR) is 58.8 cm³/mol. The quantitative estimate of drug-likeness (QED) is 0.456. The molecule has 8 heteroatoms. The van der Waals surface area contributed by atoms with Gasteiger partial charge in [-0.1, -0.05) is 5.16 Å². The SMILES string of the molecule is C/C(=N\N1CCN(C(=O)Cl)C1=O)c1ccon1. The lowest BCUT2D eigenvalue weighted by Gasteiger charge is -2.10. The summed E-state index contributed by atoms with van der Waals surface area (Å²) in [5, 5.41) is 8.12. The lowest BCUT2D eigenvalue weighted by Crippen LogP contribution is -2.31. The number of carbonyl (C=O) groups excluding carboxylic acids is 2. The molecule has 0 atom stereocenters. The Balaban J connectivity index is 2.13. The summed E-state index contributed by atoms with van der Waals surface area (Å²) >= 11 is 5.24. The minimum absolute atomic E-state index is 0.233. The maximum Gasteiger partial charge on any atom is 0.348 e. The molecule has 1 aliphatic heterocycles. The van der Waals surface area contributed by atoms with Gasteiger partial charge in [0.1, 0.15) is 12.0 Å². The lowest BCUT2D eigenvalue weighted by molar-refractivity contribution is 0.195. The number of carbonyl (C=O) groups is 2. The first-order valence-corrected chi connectivity index (χ1v) is 5.22. The number of hydrogen-bond acceptors (Lipinski definition) is 5. The molecule has 90 valence electrons. The third-order valence-electron chi connectivity index (χ3n) is 2.28. The lowest BCUT2D eigenvalue weighted by atomic mass is 10.3. The molecule has 0 aliphatic carbocycles. The fourth-order valence-corrected chi connectivity index (χ4v) is 1.57. The van der Waals surface area contributed by atoms with Gasteiger partial charge in [0.05, 0.1) is 18.8 Å². The standard InChI is InChI=1S/C9H9ClN4O3/c1-6(7-2-5-17-12-7)11-14-4-3-13(8(10)15)9(14)16/h2,5H,3-4H2,1H3/b11-6+. The molecule has 0 saturated carbocycles. The number of nitrogens with zero attached hydrogens (tertiary/aromatic N) is 4. The minimum atomic E-state index is -0.799. The molecule has 0 aromatic carbocycles. The van der Waals surface area contributed by atoms with Crippen molar-refractivity contribution in [1.29, 1.82) is 0 Å². The number of imide groups is 1. The van der Waals surface area contributed by atoms with Gasteiger partial charge < -0.3 is 4.52 Å². The fourth-order valence-electron chi connectivity index (χ4n) is 1.41. The van der Waals surface area contributed by atoms with Crippen molar-refractivity contribution in [3.8, 4) is 0 Å². The summed E-state index contributed by atoms with van der Waals surface area (Å²) in [6.45, 7) is 2.24. The maximum absolute atomic E-state index is 11.6. The van der Waals surface area contributed by atoms with Crippen LogP contribution in [0.3, 0.4) is 0 Å². The molecule has 17 heavy (non-hydrogen) atoms. The van der Waals surface area contributed by atoms with Crippen LogP contribution < -0.4 is 0 Å². The third kappa shape index (κ3) is 2.28. The van der Waals surface area contributed by atoms with Crippen LogP contribution in [0.25, 0.3) is 0 Å². The number of amides is 3. The molecule has 1 fully saturated rings. The van der Waals surface area contributed by atoms with Gasteiger partial charge in [-0.2, -0.15) is 5.10 Å². The van der Waals surface area contributed by atoms with Crippen LogP contribution in [0, 0.1) is 0 Å². The largest absolute Gasteiger partial charge is 0.364 e. The van der Waals surface area contributed by atoms with Crippen molar-refractivity contribution >= 4 is 28.7 Å². The van der Waals surface area contributed by atoms with Gasteiger partial charge in [-0.3, -0.25) is 4.79 Å². The van der Waals surface area contributed by atoms with Crippen LogP contribution in [0.2, 0.25) is 0 Å². The predicted octanol–water partition coefficient (Wildman–Crippen LogP) is 1.50. The van der Waals surface area contributed by atoms with Crippen molar-refractivity contribution in [2.45, 2.75) is 6.92 Å². The van der Waals surface area contributed by atoms with E-state index in [1.807, 2.05) is 0 Å². The van der Waals surface area contributed by atoms with Crippen LogP contribution >= 0.6 is 11.6 Å². The molecule has 1 saturated heterocycles. The molecule has 7 nitrogen and oxygen atoms in total. The molecule has 1 aliphatic rings. The zero-order valence-corrected chi connectivity index (χ0v) is 9.72. The molecular formula is C9H9ClN4O3. The van der Waals surface area contributed by atoms with Gasteiger partial charge >= 0.3 is 11.4 Å². The van der Waals surface area contributed by atoms with Gasteiger partial charge in [-0.15, -0.1) is 0 Å². The molecule has 2 heterocycles. The first-order chi connectivity index (χ1) is 8.09. The Morgan fingerprint density at radius 1 is 1.59 bits per heavy atom. The van der Waals surface area contributed by atoms with E-state index in [2.05, 4.69) is 14.8 Å². The minimum Gasteiger partial charge on any atom is -0.364 e. The summed E-state index contributed by atoms with van der Waals surface area (Å²) in [4.78, 5) is 23.4. The number of urea groups is 1. The molecule has 0 unspecified atom stereocenters. The number of rotatable bonds is 2. The van der Waals surface area contributed by atoms with E-state index in [9.17, 15) is 9.59 Å². The molecule has 2 rings (SSSR count). The van der Waals surface area contributed by atoms with Gasteiger partial charge in [-0.25, -0.2) is 14.7 Å². The topological polar surface area (TPSA) is 79.0 Å². The Kier molecular flexibility index (Phi) is 3.10. The number of hydrogen-bond donors (Lipinski definition) is 0. The molecule has 0 radical (unpaired) electrons. The van der Waals surface area contributed by atoms with Crippen LogP contribution in [-0.4, -0.2) is 45.3 Å². The molecule has 0 spiro atoms. The second kappa shape index (κ2) is 4.54. The summed E-state index contributed by atoms with van der Waals surface area (Å²) in [5.74, 6) is 0. The highest BCUT2D eigenvalue weighted by molar-refractivity contribution is 6.64. The number of aromatic nitrogens is 1. The van der Waals surface area contributed by atoms with E-state index in [1.165, 1.54) is 11.3 Å². The number of hydrazone groups is 1. The highest BCUT2D eigenvalue weighted by atomic mass is 35.5. The Morgan fingerprint density at radius 2 is 2.35 bits per heavy atom. The van der Waals surface area contributed by atoms with E-state index >= 15 is 0 Å². The van der Waals surface area contributed by atoms with Gasteiger partial charge in [0.25, 0.3) is 0 Å². The van der Waals surface area contributed by atoms with Crippen molar-refractivity contribution in [3.05, 3.63) is 18.0 Å². The van der Waals surface area contributed by atoms with Gasteiger partial charge in [-0.05, 0) is 18.5 Å². The molecule has 3 amide bonds. The summed E-state index contributed by atoms with van der Waals surface area (Å²) in [7, 11) is 0. The van der Waals surface area contributed by atoms with E-state index in [1.54, 1.807) is 13.0 Å². The zero-order valence-electron chi connectivity index (χ0n) is 8.96. The van der Waals surface area contributed by atoms with Gasteiger partial charge in [0.15, 0.2) is 0 Å². The highest BCUT2D eigenvalue weighted by Gasteiger charge is 2.32. The average molecular weight is 257 g/mol. The zero-order chi connectivity index (χ0) is 12.4. The normalized spacial score (nSPS) is 16.8. The highest BCUT2D eigenvalue weighted by Crippen LogP contribution is 2.12. The summed E-state index contributed by atoms with van der Waals surface area (Å²) in [6, 6.07) is 1.09. The van der Waals surface area contributed by atoms with Crippen molar-refractivity contribution in [2.75, 3.05) is 13.1 Å². The molecule has 1 aromatic heterocycles. The first-order valence-electron chi connectivity index (χ1n) is 4.84. The molecular weight excluding hydrogens is 248 g/mol. The maximum atomic E-state index is 11.6. The summed E-state index contributed by atoms with van der Waals surface area (Å²) in [6.07, 6.45) is 1.41. The van der Waals surface area contributed by atoms with Crippen LogP contribution in [0.4, 0.5) is 9.59 Å². The van der Waals surface area contributed by atoms with Crippen molar-refractivity contribution in [3.63, 3.8) is 0 Å². The fraction of sp³-hybridized carbons (Fsp3) is 0.333. The van der Waals surface area contributed by atoms with Crippen LogP contribution in [-0.2, 0) is 0 Å². The second-order valence-electron chi connectivity index (χ2n) is 3.38. The van der Waals surface area contributed by atoms with Gasteiger partial charge in [0.2, 0.25) is 0 Å². The second-order valence-corrected chi connectivity index (χ2v) is 3.70. The smallest absolute Gasteiger partial charge is 0.348 e. The van der Waals surface area contributed by atoms with E-state index in [-0.39, 0.29) is 6.54 Å². The monoisotopic (exact) mass is 256 g/mol. The van der Waals surface area contributed by atoms with Crippen LogP contribution in [0.1, 0.15) is 12.6 Å². The van der Waals surface area contributed by atoms with E-state index < -0.39 is 11.4 Å². The van der Waals surface area contributed by atoms with E-state index in [0.29, 0.717) is 18.0 Å². The molecule has 0 N–H and O–H groups in total. The van der Waals surface area contributed by atoms with E-state index in [0.717, 1.165) is 4.90 Å². The van der Waals surface area contributed by atoms with Crippen molar-refractivity contribution in [2.24, 2.45) is 5.10 Å². The molecule has 0 bridgehead atoms. The van der Waals surface area contributed by atoms with E-state index in [4.69, 9.17) is 11.6 Å². The Labute approximate surface area is 102 Å². The van der Waals surface area contributed by atoms with Crippen LogP contribution in [0.15, 0.2) is 22.0 Å². The molecule has 1 aromatic rings. The number of halogens is 1. The summed E-state index contributed by atoms with van der Waals surface area (Å²) in [5.41, 5.74) is 1.06. The van der Waals surface area contributed by atoms with Crippen LogP contribution in [0.5, 0.6) is 0 Å². The average Bonchev–Trinajstić information content (AvgIpc) is 2.89. The van der Waals surface area contributed by atoms with Crippen molar-refractivity contribution in [1.82, 2.24) is 15.1 Å². The Morgan fingerprint density at radius 3 is 2.88 bits per heavy atom. The Bertz CT molecular complexity index is 471. The van der Waals surface area contributed by atoms with Crippen molar-refractivity contribution < 1.29 is 14.1 Å². The summed E-state index contributed by atoms with van der Waals surface area (Å²) < 4.78 is 4.67. The third-order valence-corrected chi connectivity index (χ3v) is 2.48. The van der Waals surface area contributed by atoms with Gasteiger partial charge in [0, 0.05) is 6.07 Å².